The summed E-state index contributed by atoms with van der Waals surface area (Å²) in [5.74, 6) is 0.522. The van der Waals surface area contributed by atoms with E-state index in [-0.39, 0.29) is 5.82 Å². The molecule has 2 unspecified atom stereocenters. The zero-order valence-electron chi connectivity index (χ0n) is 12.2. The minimum Gasteiger partial charge on any atom is -0.389 e. The van der Waals surface area contributed by atoms with Gasteiger partial charge < -0.3 is 10.0 Å². The Morgan fingerprint density at radius 2 is 1.95 bits per heavy atom. The van der Waals surface area contributed by atoms with Gasteiger partial charge in [-0.25, -0.2) is 4.39 Å². The Labute approximate surface area is 120 Å². The predicted octanol–water partition coefficient (Wildman–Crippen LogP) is 4.04. The number of halogens is 1. The molecule has 2 nitrogen and oxygen atoms in total. The molecule has 1 heterocycles. The number of hydrogen-bond donors (Lipinski definition) is 1. The molecule has 1 aliphatic heterocycles. The fraction of sp³-hybridized carbons (Fsp3) is 0.647. The summed E-state index contributed by atoms with van der Waals surface area (Å²) in [6.45, 7) is 2.64. The molecular formula is C17H24FNO. The number of benzene rings is 1. The van der Waals surface area contributed by atoms with Crippen LogP contribution in [0.25, 0.3) is 0 Å². The molecule has 1 aromatic rings. The zero-order valence-corrected chi connectivity index (χ0v) is 12.2. The third kappa shape index (κ3) is 2.44. The molecule has 2 aliphatic rings. The van der Waals surface area contributed by atoms with Crippen molar-refractivity contribution >= 4 is 5.69 Å². The van der Waals surface area contributed by atoms with Gasteiger partial charge in [0.15, 0.2) is 0 Å². The first-order valence-corrected chi connectivity index (χ1v) is 7.91. The summed E-state index contributed by atoms with van der Waals surface area (Å²) in [6.07, 6.45) is 6.79. The van der Waals surface area contributed by atoms with Crippen LogP contribution in [-0.2, 0) is 0 Å². The zero-order chi connectivity index (χ0) is 14.1. The largest absolute Gasteiger partial charge is 0.389 e. The average molecular weight is 277 g/mol. The Morgan fingerprint density at radius 1 is 1.20 bits per heavy atom. The van der Waals surface area contributed by atoms with Gasteiger partial charge in [-0.1, -0.05) is 25.0 Å². The summed E-state index contributed by atoms with van der Waals surface area (Å²) in [6, 6.07) is 5.54. The highest BCUT2D eigenvalue weighted by atomic mass is 19.1. The lowest BCUT2D eigenvalue weighted by molar-refractivity contribution is 0.196. The van der Waals surface area contributed by atoms with Crippen molar-refractivity contribution in [2.24, 2.45) is 5.92 Å². The van der Waals surface area contributed by atoms with Gasteiger partial charge in [-0.3, -0.25) is 0 Å². The number of fused-ring (bicyclic) bond motifs is 1. The van der Waals surface area contributed by atoms with Crippen LogP contribution in [0, 0.1) is 11.7 Å². The maximum absolute atomic E-state index is 14.4. The molecule has 0 spiro atoms. The fourth-order valence-electron chi connectivity index (χ4n) is 4.07. The van der Waals surface area contributed by atoms with E-state index >= 15 is 0 Å². The number of piperidine rings is 1. The number of para-hydroxylation sites is 1. The first-order valence-electron chi connectivity index (χ1n) is 7.91. The lowest BCUT2D eigenvalue weighted by atomic mass is 9.78. The Morgan fingerprint density at radius 3 is 2.75 bits per heavy atom. The first kappa shape index (κ1) is 13.9. The Kier molecular flexibility index (Phi) is 3.97. The Balaban J connectivity index is 1.98. The van der Waals surface area contributed by atoms with Gasteiger partial charge in [-0.05, 0) is 44.6 Å². The normalized spacial score (nSPS) is 28.1. The molecule has 0 amide bonds. The quantitative estimate of drug-likeness (QED) is 0.882. The van der Waals surface area contributed by atoms with Gasteiger partial charge in [0.2, 0.25) is 0 Å². The van der Waals surface area contributed by atoms with Crippen molar-refractivity contribution < 1.29 is 9.50 Å². The van der Waals surface area contributed by atoms with Crippen molar-refractivity contribution in [2.75, 3.05) is 11.4 Å². The molecule has 1 aliphatic carbocycles. The van der Waals surface area contributed by atoms with Crippen LogP contribution in [0.1, 0.15) is 57.1 Å². The summed E-state index contributed by atoms with van der Waals surface area (Å²) in [5, 5.41) is 9.96. The number of hydrogen-bond acceptors (Lipinski definition) is 2. The molecule has 20 heavy (non-hydrogen) atoms. The van der Waals surface area contributed by atoms with Gasteiger partial charge in [0.25, 0.3) is 0 Å². The number of nitrogens with zero attached hydrogens (tertiary/aromatic N) is 1. The lowest BCUT2D eigenvalue weighted by Crippen LogP contribution is -2.47. The predicted molar refractivity (Wildman–Crippen MR) is 79.4 cm³/mol. The van der Waals surface area contributed by atoms with E-state index in [1.807, 2.05) is 6.07 Å². The molecule has 3 atom stereocenters. The highest BCUT2D eigenvalue weighted by Crippen LogP contribution is 2.40. The van der Waals surface area contributed by atoms with Crippen LogP contribution in [-0.4, -0.2) is 17.7 Å². The molecular weight excluding hydrogens is 253 g/mol. The van der Waals surface area contributed by atoms with Gasteiger partial charge in [0.1, 0.15) is 5.82 Å². The molecule has 0 radical (unpaired) electrons. The molecule has 1 aromatic carbocycles. The minimum absolute atomic E-state index is 0.186. The second-order valence-corrected chi connectivity index (χ2v) is 6.30. The van der Waals surface area contributed by atoms with E-state index in [9.17, 15) is 9.50 Å². The van der Waals surface area contributed by atoms with Crippen molar-refractivity contribution in [1.82, 2.24) is 0 Å². The fourth-order valence-corrected chi connectivity index (χ4v) is 4.07. The summed E-state index contributed by atoms with van der Waals surface area (Å²) in [7, 11) is 0. The van der Waals surface area contributed by atoms with Gasteiger partial charge in [-0.15, -0.1) is 0 Å². The third-order valence-corrected chi connectivity index (χ3v) is 5.00. The van der Waals surface area contributed by atoms with Crippen molar-refractivity contribution in [1.29, 1.82) is 0 Å². The maximum atomic E-state index is 14.4. The maximum Gasteiger partial charge on any atom is 0.146 e. The highest BCUT2D eigenvalue weighted by Gasteiger charge is 2.35. The second-order valence-electron chi connectivity index (χ2n) is 6.30. The second kappa shape index (κ2) is 5.72. The number of anilines is 1. The summed E-state index contributed by atoms with van der Waals surface area (Å²) >= 11 is 0. The molecule has 1 saturated heterocycles. The standard InChI is InChI=1S/C17H24FNO/c1-12(20)14-8-4-9-15(18)17(14)19-11-5-7-13-6-2-3-10-16(13)19/h4,8-9,12-13,16,20H,2-3,5-7,10-11H2,1H3/t12-,13?,16?/m1/s1. The molecule has 3 heteroatoms. The van der Waals surface area contributed by atoms with Gasteiger partial charge in [-0.2, -0.15) is 0 Å². The lowest BCUT2D eigenvalue weighted by Gasteiger charge is -2.46. The van der Waals surface area contributed by atoms with Crippen LogP contribution >= 0.6 is 0 Å². The number of rotatable bonds is 2. The monoisotopic (exact) mass is 277 g/mol. The Hall–Kier alpha value is -1.09. The molecule has 3 rings (SSSR count). The van der Waals surface area contributed by atoms with E-state index in [2.05, 4.69) is 4.90 Å². The van der Waals surface area contributed by atoms with Crippen LogP contribution in [0.3, 0.4) is 0 Å². The van der Waals surface area contributed by atoms with Crippen molar-refractivity contribution in [3.05, 3.63) is 29.6 Å². The molecule has 0 aromatic heterocycles. The smallest absolute Gasteiger partial charge is 0.146 e. The molecule has 0 bridgehead atoms. The topological polar surface area (TPSA) is 23.5 Å². The van der Waals surface area contributed by atoms with Crippen LogP contribution in [0.2, 0.25) is 0 Å². The van der Waals surface area contributed by atoms with E-state index in [4.69, 9.17) is 0 Å². The van der Waals surface area contributed by atoms with E-state index in [1.54, 1.807) is 13.0 Å². The Bertz CT molecular complexity index is 472. The van der Waals surface area contributed by atoms with Gasteiger partial charge in [0, 0.05) is 18.2 Å². The molecule has 1 N–H and O–H groups in total. The summed E-state index contributed by atoms with van der Waals surface area (Å²) < 4.78 is 14.4. The molecule has 1 saturated carbocycles. The number of aliphatic hydroxyl groups excluding tert-OH is 1. The number of aliphatic hydroxyl groups is 1. The van der Waals surface area contributed by atoms with Crippen LogP contribution in [0.4, 0.5) is 10.1 Å². The van der Waals surface area contributed by atoms with E-state index in [0.29, 0.717) is 17.6 Å². The summed E-state index contributed by atoms with van der Waals surface area (Å²) in [4.78, 5) is 2.25. The SMILES string of the molecule is C[C@@H](O)c1cccc(F)c1N1CCCC2CCCCC21. The molecule has 2 fully saturated rings. The van der Waals surface area contributed by atoms with Crippen LogP contribution in [0.15, 0.2) is 18.2 Å². The minimum atomic E-state index is -0.621. The van der Waals surface area contributed by atoms with Gasteiger partial charge >= 0.3 is 0 Å². The molecule has 110 valence electrons. The van der Waals surface area contributed by atoms with Crippen molar-refractivity contribution in [3.63, 3.8) is 0 Å². The third-order valence-electron chi connectivity index (χ3n) is 5.00. The van der Waals surface area contributed by atoms with Crippen molar-refractivity contribution in [3.8, 4) is 0 Å². The van der Waals surface area contributed by atoms with Crippen molar-refractivity contribution in [2.45, 2.75) is 57.6 Å². The van der Waals surface area contributed by atoms with Crippen LogP contribution < -0.4 is 4.90 Å². The van der Waals surface area contributed by atoms with E-state index in [0.717, 1.165) is 24.9 Å². The first-order chi connectivity index (χ1) is 9.68. The highest BCUT2D eigenvalue weighted by molar-refractivity contribution is 5.57. The van der Waals surface area contributed by atoms with E-state index < -0.39 is 6.10 Å². The average Bonchev–Trinajstić information content (AvgIpc) is 2.46. The van der Waals surface area contributed by atoms with Crippen LogP contribution in [0.5, 0.6) is 0 Å². The van der Waals surface area contributed by atoms with Gasteiger partial charge in [0.05, 0.1) is 11.8 Å². The van der Waals surface area contributed by atoms with E-state index in [1.165, 1.54) is 31.7 Å². The summed E-state index contributed by atoms with van der Waals surface area (Å²) in [5.41, 5.74) is 1.38.